The third kappa shape index (κ3) is 3.79. The smallest absolute Gasteiger partial charge is 0.227 e. The third-order valence-corrected chi connectivity index (χ3v) is 2.03. The molecule has 0 unspecified atom stereocenters. The summed E-state index contributed by atoms with van der Waals surface area (Å²) in [4.78, 5) is 13.6. The molecule has 0 atom stereocenters. The molecular weight excluding hydrogens is 162 g/mol. The van der Waals surface area contributed by atoms with Crippen LogP contribution in [0, 0.1) is 5.41 Å². The first-order valence-corrected chi connectivity index (χ1v) is 5.31. The van der Waals surface area contributed by atoms with Crippen LogP contribution in [-0.2, 0) is 4.79 Å². The average molecular weight is 185 g/mol. The molecule has 78 valence electrons. The molecule has 1 fully saturated rings. The van der Waals surface area contributed by atoms with Crippen molar-refractivity contribution in [3.8, 4) is 0 Å². The van der Waals surface area contributed by atoms with Gasteiger partial charge >= 0.3 is 0 Å². The highest BCUT2D eigenvalue weighted by Crippen LogP contribution is 2.20. The van der Waals surface area contributed by atoms with E-state index < -0.39 is 0 Å². The van der Waals surface area contributed by atoms with Crippen LogP contribution in [-0.4, -0.2) is 23.9 Å². The zero-order valence-electron chi connectivity index (χ0n) is 9.68. The topological polar surface area (TPSA) is 20.3 Å². The molecule has 0 aromatic heterocycles. The summed E-state index contributed by atoms with van der Waals surface area (Å²) >= 11 is 0. The Hall–Kier alpha value is -0.530. The highest BCUT2D eigenvalue weighted by atomic mass is 16.2. The SMILES string of the molecule is CC.CC(C)(C)C(=O)N1CCCC1. The minimum Gasteiger partial charge on any atom is -0.342 e. The van der Waals surface area contributed by atoms with Gasteiger partial charge in [-0.2, -0.15) is 0 Å². The fourth-order valence-corrected chi connectivity index (χ4v) is 1.39. The minimum absolute atomic E-state index is 0.190. The summed E-state index contributed by atoms with van der Waals surface area (Å²) in [5, 5.41) is 0. The summed E-state index contributed by atoms with van der Waals surface area (Å²) in [6, 6.07) is 0. The summed E-state index contributed by atoms with van der Waals surface area (Å²) in [5.74, 6) is 0.301. The largest absolute Gasteiger partial charge is 0.342 e. The molecule has 0 aliphatic carbocycles. The molecule has 0 aromatic carbocycles. The summed E-state index contributed by atoms with van der Waals surface area (Å²) < 4.78 is 0. The normalized spacial score (nSPS) is 16.5. The van der Waals surface area contributed by atoms with Crippen LogP contribution in [0.3, 0.4) is 0 Å². The lowest BCUT2D eigenvalue weighted by molar-refractivity contribution is -0.138. The van der Waals surface area contributed by atoms with Gasteiger partial charge in [-0.15, -0.1) is 0 Å². The van der Waals surface area contributed by atoms with Crippen molar-refractivity contribution in [3.05, 3.63) is 0 Å². The summed E-state index contributed by atoms with van der Waals surface area (Å²) in [5.41, 5.74) is -0.190. The quantitative estimate of drug-likeness (QED) is 0.568. The van der Waals surface area contributed by atoms with Crippen LogP contribution in [0.5, 0.6) is 0 Å². The van der Waals surface area contributed by atoms with Gasteiger partial charge in [-0.05, 0) is 12.8 Å². The molecule has 0 radical (unpaired) electrons. The Morgan fingerprint density at radius 1 is 1.08 bits per heavy atom. The molecule has 1 heterocycles. The van der Waals surface area contributed by atoms with Crippen LogP contribution < -0.4 is 0 Å². The second-order valence-corrected chi connectivity index (χ2v) is 4.25. The van der Waals surface area contributed by atoms with E-state index in [9.17, 15) is 4.79 Å². The van der Waals surface area contributed by atoms with Crippen molar-refractivity contribution < 1.29 is 4.79 Å². The van der Waals surface area contributed by atoms with Gasteiger partial charge < -0.3 is 4.90 Å². The van der Waals surface area contributed by atoms with Crippen LogP contribution in [0.2, 0.25) is 0 Å². The standard InChI is InChI=1S/C9H17NO.C2H6/c1-9(2,3)8(11)10-6-4-5-7-10;1-2/h4-7H2,1-3H3;1-2H3. The van der Waals surface area contributed by atoms with Gasteiger partial charge in [-0.1, -0.05) is 34.6 Å². The van der Waals surface area contributed by atoms with Gasteiger partial charge in [0, 0.05) is 18.5 Å². The first-order chi connectivity index (χ1) is 6.02. The van der Waals surface area contributed by atoms with E-state index in [0.717, 1.165) is 13.1 Å². The molecule has 1 saturated heterocycles. The predicted molar refractivity (Wildman–Crippen MR) is 56.6 cm³/mol. The number of likely N-dealkylation sites (tertiary alicyclic amines) is 1. The lowest BCUT2D eigenvalue weighted by Crippen LogP contribution is -2.37. The maximum atomic E-state index is 11.6. The van der Waals surface area contributed by atoms with Gasteiger partial charge in [0.05, 0.1) is 0 Å². The molecule has 0 N–H and O–H groups in total. The van der Waals surface area contributed by atoms with E-state index in [0.29, 0.717) is 5.91 Å². The number of carbonyl (C=O) groups excluding carboxylic acids is 1. The van der Waals surface area contributed by atoms with Crippen molar-refractivity contribution in [1.82, 2.24) is 4.90 Å². The molecule has 1 amide bonds. The monoisotopic (exact) mass is 185 g/mol. The van der Waals surface area contributed by atoms with E-state index in [1.807, 2.05) is 39.5 Å². The predicted octanol–water partition coefficient (Wildman–Crippen LogP) is 2.68. The maximum Gasteiger partial charge on any atom is 0.227 e. The van der Waals surface area contributed by atoms with E-state index in [1.165, 1.54) is 12.8 Å². The number of rotatable bonds is 0. The summed E-state index contributed by atoms with van der Waals surface area (Å²) in [6.45, 7) is 11.9. The summed E-state index contributed by atoms with van der Waals surface area (Å²) in [7, 11) is 0. The Kier molecular flexibility index (Phi) is 5.04. The van der Waals surface area contributed by atoms with E-state index in [1.54, 1.807) is 0 Å². The molecule has 1 rings (SSSR count). The fourth-order valence-electron chi connectivity index (χ4n) is 1.39. The van der Waals surface area contributed by atoms with Crippen LogP contribution >= 0.6 is 0 Å². The second-order valence-electron chi connectivity index (χ2n) is 4.25. The van der Waals surface area contributed by atoms with Crippen molar-refractivity contribution in [1.29, 1.82) is 0 Å². The van der Waals surface area contributed by atoms with Crippen LogP contribution in [0.4, 0.5) is 0 Å². The lowest BCUT2D eigenvalue weighted by Gasteiger charge is -2.25. The number of hydrogen-bond acceptors (Lipinski definition) is 1. The van der Waals surface area contributed by atoms with Crippen molar-refractivity contribution in [3.63, 3.8) is 0 Å². The van der Waals surface area contributed by atoms with Gasteiger partial charge in [0.1, 0.15) is 0 Å². The van der Waals surface area contributed by atoms with Crippen molar-refractivity contribution in [2.75, 3.05) is 13.1 Å². The van der Waals surface area contributed by atoms with E-state index in [2.05, 4.69) is 0 Å². The van der Waals surface area contributed by atoms with Crippen LogP contribution in [0.15, 0.2) is 0 Å². The highest BCUT2D eigenvalue weighted by molar-refractivity contribution is 5.81. The molecule has 13 heavy (non-hydrogen) atoms. The van der Waals surface area contributed by atoms with E-state index in [-0.39, 0.29) is 5.41 Å². The Labute approximate surface area is 82.3 Å². The van der Waals surface area contributed by atoms with E-state index >= 15 is 0 Å². The van der Waals surface area contributed by atoms with Gasteiger partial charge in [0.15, 0.2) is 0 Å². The van der Waals surface area contributed by atoms with Crippen LogP contribution in [0.1, 0.15) is 47.5 Å². The number of hydrogen-bond donors (Lipinski definition) is 0. The van der Waals surface area contributed by atoms with Crippen molar-refractivity contribution in [2.24, 2.45) is 5.41 Å². The zero-order valence-corrected chi connectivity index (χ0v) is 9.68. The zero-order chi connectivity index (χ0) is 10.5. The van der Waals surface area contributed by atoms with Crippen LogP contribution in [0.25, 0.3) is 0 Å². The molecule has 0 bridgehead atoms. The number of nitrogens with zero attached hydrogens (tertiary/aromatic N) is 1. The average Bonchev–Trinajstić information content (AvgIpc) is 2.57. The third-order valence-electron chi connectivity index (χ3n) is 2.03. The second kappa shape index (κ2) is 5.25. The van der Waals surface area contributed by atoms with Gasteiger partial charge in [-0.25, -0.2) is 0 Å². The number of amides is 1. The van der Waals surface area contributed by atoms with Crippen molar-refractivity contribution >= 4 is 5.91 Å². The Morgan fingerprint density at radius 2 is 1.46 bits per heavy atom. The Bertz CT molecular complexity index is 152. The Balaban J connectivity index is 0.000000671. The first kappa shape index (κ1) is 12.5. The molecule has 1 aliphatic heterocycles. The van der Waals surface area contributed by atoms with Gasteiger partial charge in [-0.3, -0.25) is 4.79 Å². The van der Waals surface area contributed by atoms with Gasteiger partial charge in [0.25, 0.3) is 0 Å². The highest BCUT2D eigenvalue weighted by Gasteiger charge is 2.28. The minimum atomic E-state index is -0.190. The molecule has 0 saturated carbocycles. The lowest BCUT2D eigenvalue weighted by atomic mass is 9.95. The van der Waals surface area contributed by atoms with Crippen molar-refractivity contribution in [2.45, 2.75) is 47.5 Å². The van der Waals surface area contributed by atoms with E-state index in [4.69, 9.17) is 0 Å². The van der Waals surface area contributed by atoms with Gasteiger partial charge in [0.2, 0.25) is 5.91 Å². The number of carbonyl (C=O) groups is 1. The molecule has 1 aliphatic rings. The molecule has 0 spiro atoms. The first-order valence-electron chi connectivity index (χ1n) is 5.31. The molecule has 0 aromatic rings. The Morgan fingerprint density at radius 3 is 1.77 bits per heavy atom. The molecule has 2 nitrogen and oxygen atoms in total. The molecular formula is C11H23NO. The maximum absolute atomic E-state index is 11.6. The molecule has 2 heteroatoms. The fraction of sp³-hybridized carbons (Fsp3) is 0.909. The summed E-state index contributed by atoms with van der Waals surface area (Å²) in [6.07, 6.45) is 2.36.